The van der Waals surface area contributed by atoms with Crippen LogP contribution in [0.2, 0.25) is 0 Å². The van der Waals surface area contributed by atoms with E-state index in [9.17, 15) is 4.79 Å². The number of rotatable bonds is 6. The fraction of sp³-hybridized carbons (Fsp3) is 0.433. The summed E-state index contributed by atoms with van der Waals surface area (Å²) in [4.78, 5) is 13.9. The molecule has 2 aromatic rings. The van der Waals surface area contributed by atoms with Crippen LogP contribution in [-0.2, 0) is 22.2 Å². The molecule has 2 nitrogen and oxygen atoms in total. The Labute approximate surface area is 213 Å². The Balaban J connectivity index is 1.77. The molecular formula is C30H40NOSiTi. The van der Waals surface area contributed by atoms with Crippen molar-refractivity contribution >= 4 is 22.9 Å². The molecule has 1 unspecified atom stereocenters. The molecule has 1 N–H and O–H groups in total. The van der Waals surface area contributed by atoms with Crippen molar-refractivity contribution < 1.29 is 22.2 Å². The Kier molecular flexibility index (Phi) is 8.85. The molecule has 0 bridgehead atoms. The van der Waals surface area contributed by atoms with Crippen molar-refractivity contribution in [2.24, 2.45) is 11.8 Å². The molecule has 4 rings (SSSR count). The van der Waals surface area contributed by atoms with Crippen LogP contribution in [-0.4, -0.2) is 12.6 Å². The minimum absolute atomic E-state index is 0.191. The van der Waals surface area contributed by atoms with Crippen LogP contribution < -0.4 is 14.2 Å². The average molecular weight is 507 g/mol. The second-order valence-corrected chi connectivity index (χ2v) is 20.1. The van der Waals surface area contributed by atoms with Gasteiger partial charge in [-0.1, -0.05) is 0 Å². The third-order valence-electron chi connectivity index (χ3n) is 8.22. The predicted octanol–water partition coefficient (Wildman–Crippen LogP) is 5.79. The fourth-order valence-electron chi connectivity index (χ4n) is 5.86. The summed E-state index contributed by atoms with van der Waals surface area (Å²) >= 11 is -2.20. The van der Waals surface area contributed by atoms with Gasteiger partial charge in [0.2, 0.25) is 0 Å². The zero-order valence-corrected chi connectivity index (χ0v) is 24.1. The maximum atomic E-state index is 13.9. The third-order valence-corrected chi connectivity index (χ3v) is 21.6. The van der Waals surface area contributed by atoms with Crippen molar-refractivity contribution in [3.05, 3.63) is 81.3 Å². The van der Waals surface area contributed by atoms with Gasteiger partial charge in [0.1, 0.15) is 0 Å². The molecule has 0 heterocycles. The Morgan fingerprint density at radius 1 is 0.794 bits per heavy atom. The maximum absolute atomic E-state index is 13.9. The topological polar surface area (TPSA) is 29.1 Å². The molecule has 1 atom stereocenters. The molecule has 2 aromatic carbocycles. The molecule has 0 radical (unpaired) electrons. The monoisotopic (exact) mass is 506 g/mol. The summed E-state index contributed by atoms with van der Waals surface area (Å²) in [5.41, 5.74) is 4.40. The van der Waals surface area contributed by atoms with Crippen molar-refractivity contribution in [1.29, 1.82) is 0 Å². The molecular weight excluding hydrogens is 466 g/mol. The summed E-state index contributed by atoms with van der Waals surface area (Å²) in [6, 6.07) is 22.2. The van der Waals surface area contributed by atoms with E-state index in [1.165, 1.54) is 59.2 Å². The van der Waals surface area contributed by atoms with Gasteiger partial charge in [0.05, 0.1) is 0 Å². The van der Waals surface area contributed by atoms with E-state index >= 15 is 0 Å². The average Bonchev–Trinajstić information content (AvgIpc) is 3.02. The second kappa shape index (κ2) is 11.8. The number of carbonyl (C=O) groups excluding carboxylic acids is 1. The summed E-state index contributed by atoms with van der Waals surface area (Å²) in [5, 5.41) is 2.94. The van der Waals surface area contributed by atoms with Crippen LogP contribution >= 0.6 is 0 Å². The minimum atomic E-state index is -2.20. The first kappa shape index (κ1) is 25.4. The molecule has 1 fully saturated rings. The van der Waals surface area contributed by atoms with Crippen LogP contribution in [0.3, 0.4) is 0 Å². The van der Waals surface area contributed by atoms with Gasteiger partial charge >= 0.3 is 215 Å². The van der Waals surface area contributed by atoms with Gasteiger partial charge in [-0.15, -0.1) is 0 Å². The van der Waals surface area contributed by atoms with Crippen molar-refractivity contribution in [2.45, 2.75) is 72.6 Å². The first-order valence-corrected chi connectivity index (χ1v) is 19.1. The molecule has 0 saturated heterocycles. The van der Waals surface area contributed by atoms with Gasteiger partial charge in [0, 0.05) is 0 Å². The summed E-state index contributed by atoms with van der Waals surface area (Å²) in [6.07, 6.45) is 8.41. The van der Waals surface area contributed by atoms with E-state index in [0.29, 0.717) is 11.8 Å². The number of amides is 1. The van der Waals surface area contributed by atoms with Crippen LogP contribution in [0.5, 0.6) is 0 Å². The number of hydrogen-bond acceptors (Lipinski definition) is 1. The molecule has 0 aromatic heterocycles. The number of allylic oxidation sites excluding steroid dienone is 4. The van der Waals surface area contributed by atoms with Gasteiger partial charge in [-0.05, 0) is 0 Å². The Morgan fingerprint density at radius 3 is 1.76 bits per heavy atom. The Hall–Kier alpha value is -1.68. The molecule has 0 aliphatic heterocycles. The van der Waals surface area contributed by atoms with Gasteiger partial charge in [-0.25, -0.2) is 0 Å². The van der Waals surface area contributed by atoms with E-state index in [1.807, 2.05) is 0 Å². The summed E-state index contributed by atoms with van der Waals surface area (Å²) < 4.78 is 5.49. The number of benzene rings is 2. The molecule has 34 heavy (non-hydrogen) atoms. The van der Waals surface area contributed by atoms with Crippen LogP contribution in [0.1, 0.15) is 72.6 Å². The van der Waals surface area contributed by atoms with E-state index in [-0.39, 0.29) is 5.92 Å². The van der Waals surface area contributed by atoms with E-state index in [0.717, 1.165) is 12.8 Å². The number of nitrogens with one attached hydrogen (secondary N) is 1. The molecule has 2 aliphatic rings. The number of carbonyl (C=O) groups is 1. The summed E-state index contributed by atoms with van der Waals surface area (Å²) in [5.74, 6) is 0.989. The molecule has 0 spiro atoms. The molecule has 2 aliphatic carbocycles. The van der Waals surface area contributed by atoms with Gasteiger partial charge in [0.25, 0.3) is 0 Å². The van der Waals surface area contributed by atoms with Crippen LogP contribution in [0.15, 0.2) is 81.3 Å². The Morgan fingerprint density at radius 2 is 1.29 bits per heavy atom. The summed E-state index contributed by atoms with van der Waals surface area (Å²) in [7, 11) is 0. The van der Waals surface area contributed by atoms with Crippen molar-refractivity contribution in [1.82, 2.24) is 3.80 Å². The van der Waals surface area contributed by atoms with Crippen molar-refractivity contribution in [3.63, 3.8) is 0 Å². The van der Waals surface area contributed by atoms with Gasteiger partial charge in [0.15, 0.2) is 0 Å². The SMILES string of the molecule is CC1=C(C)C(C)[C]([Ti]([NH]C(=O)C2CCCCCCC2)[SiH](c2ccccc2)c2ccccc2)=C1C. The Bertz CT molecular complexity index is 998. The predicted molar refractivity (Wildman–Crippen MR) is 143 cm³/mol. The fourth-order valence-corrected chi connectivity index (χ4v) is 21.1. The standard InChI is InChI=1S/C12H11Si.C9H17NO.C9H13.Ti/c1-3-7-11(8-4-1)13-12-9-5-2-6-10-12;10-9(11)8-6-4-2-1-3-5-7-8;1-6-5-7(2)9(4)8(6)3;/h1-10,13H;8H,1-7H2,(H2,10,11);6H,1-4H3;/q;;;+1/p-1. The summed E-state index contributed by atoms with van der Waals surface area (Å²) in [6.45, 7) is 7.64. The van der Waals surface area contributed by atoms with Crippen LogP contribution in [0.4, 0.5) is 0 Å². The van der Waals surface area contributed by atoms with E-state index in [2.05, 4.69) is 92.2 Å². The zero-order valence-electron chi connectivity index (χ0n) is 21.4. The molecule has 1 amide bonds. The number of hydrogen-bond donors (Lipinski definition) is 1. The van der Waals surface area contributed by atoms with Gasteiger partial charge in [-0.3, -0.25) is 0 Å². The van der Waals surface area contributed by atoms with Crippen molar-refractivity contribution in [2.75, 3.05) is 0 Å². The van der Waals surface area contributed by atoms with Gasteiger partial charge in [-0.2, -0.15) is 0 Å². The molecule has 179 valence electrons. The quantitative estimate of drug-likeness (QED) is 0.494. The first-order chi connectivity index (χ1) is 16.5. The second-order valence-electron chi connectivity index (χ2n) is 10.3. The zero-order chi connectivity index (χ0) is 24.1. The van der Waals surface area contributed by atoms with E-state index in [1.54, 1.807) is 3.88 Å². The van der Waals surface area contributed by atoms with Crippen LogP contribution in [0, 0.1) is 11.8 Å². The normalized spacial score (nSPS) is 19.9. The van der Waals surface area contributed by atoms with E-state index < -0.39 is 24.0 Å². The van der Waals surface area contributed by atoms with E-state index in [4.69, 9.17) is 0 Å². The van der Waals surface area contributed by atoms with Gasteiger partial charge < -0.3 is 0 Å². The third kappa shape index (κ3) is 5.58. The van der Waals surface area contributed by atoms with Crippen LogP contribution in [0.25, 0.3) is 0 Å². The first-order valence-electron chi connectivity index (χ1n) is 13.2. The molecule has 4 heteroatoms. The molecule has 1 saturated carbocycles. The van der Waals surface area contributed by atoms with Crippen molar-refractivity contribution in [3.8, 4) is 0 Å².